The van der Waals surface area contributed by atoms with E-state index in [4.69, 9.17) is 14.2 Å². The number of carbonyl (C=O) groups is 3. The predicted octanol–water partition coefficient (Wildman–Crippen LogP) is 2.97. The number of ketones is 1. The van der Waals surface area contributed by atoms with Crippen molar-refractivity contribution in [2.45, 2.75) is 46.1 Å². The van der Waals surface area contributed by atoms with Gasteiger partial charge >= 0.3 is 5.97 Å². The van der Waals surface area contributed by atoms with Crippen LogP contribution in [0.15, 0.2) is 24.3 Å². The van der Waals surface area contributed by atoms with Crippen LogP contribution in [0.25, 0.3) is 6.08 Å². The van der Waals surface area contributed by atoms with E-state index in [2.05, 4.69) is 0 Å². The first-order valence-electron chi connectivity index (χ1n) is 9.91. The zero-order valence-electron chi connectivity index (χ0n) is 17.1. The number of rotatable bonds is 7. The highest BCUT2D eigenvalue weighted by Crippen LogP contribution is 2.32. The molecule has 0 saturated carbocycles. The molecule has 1 atom stereocenters. The van der Waals surface area contributed by atoms with Gasteiger partial charge in [-0.3, -0.25) is 9.59 Å². The largest absolute Gasteiger partial charge is 0.460 e. The van der Waals surface area contributed by atoms with Gasteiger partial charge in [0.25, 0.3) is 5.91 Å². The lowest BCUT2D eigenvalue weighted by Gasteiger charge is -2.27. The first-order valence-corrected chi connectivity index (χ1v) is 9.91. The lowest BCUT2D eigenvalue weighted by molar-refractivity contribution is -0.156. The number of ether oxygens (including phenoxy) is 3. The molecule has 1 amide bonds. The van der Waals surface area contributed by atoms with Crippen molar-refractivity contribution in [2.75, 3.05) is 19.9 Å². The summed E-state index contributed by atoms with van der Waals surface area (Å²) in [7, 11) is 0. The smallest absolute Gasteiger partial charge is 0.329 e. The summed E-state index contributed by atoms with van der Waals surface area (Å²) >= 11 is 0. The van der Waals surface area contributed by atoms with Gasteiger partial charge in [-0.15, -0.1) is 0 Å². The van der Waals surface area contributed by atoms with Crippen LogP contribution in [-0.4, -0.2) is 48.5 Å². The van der Waals surface area contributed by atoms with Crippen LogP contribution in [0.1, 0.15) is 45.6 Å². The number of hydrogen-bond donors (Lipinski definition) is 0. The van der Waals surface area contributed by atoms with Crippen LogP contribution in [0.2, 0.25) is 0 Å². The maximum atomic E-state index is 12.6. The molecule has 0 aromatic heterocycles. The normalized spacial score (nSPS) is 18.3. The van der Waals surface area contributed by atoms with E-state index in [1.165, 1.54) is 4.90 Å². The Morgan fingerprint density at radius 3 is 2.76 bits per heavy atom. The lowest BCUT2D eigenvalue weighted by Crippen LogP contribution is -2.47. The Morgan fingerprint density at radius 1 is 1.24 bits per heavy atom. The van der Waals surface area contributed by atoms with Crippen molar-refractivity contribution in [2.24, 2.45) is 5.41 Å². The number of benzene rings is 1. The molecule has 0 radical (unpaired) electrons. The summed E-state index contributed by atoms with van der Waals surface area (Å²) in [6.45, 7) is 6.06. The van der Waals surface area contributed by atoms with Gasteiger partial charge in [-0.2, -0.15) is 0 Å². The van der Waals surface area contributed by atoms with E-state index in [9.17, 15) is 14.4 Å². The van der Waals surface area contributed by atoms with E-state index in [0.29, 0.717) is 37.3 Å². The van der Waals surface area contributed by atoms with Crippen LogP contribution in [0.5, 0.6) is 11.5 Å². The van der Waals surface area contributed by atoms with E-state index in [1.54, 1.807) is 19.9 Å². The molecule has 7 heteroatoms. The molecule has 156 valence electrons. The minimum absolute atomic E-state index is 0.0835. The Kier molecular flexibility index (Phi) is 6.25. The summed E-state index contributed by atoms with van der Waals surface area (Å²) < 4.78 is 15.9. The molecular weight excluding hydrogens is 374 g/mol. The van der Waals surface area contributed by atoms with Gasteiger partial charge in [-0.25, -0.2) is 4.79 Å². The van der Waals surface area contributed by atoms with Crippen molar-refractivity contribution >= 4 is 23.7 Å². The van der Waals surface area contributed by atoms with Gasteiger partial charge in [0.1, 0.15) is 12.6 Å². The molecule has 0 spiro atoms. The number of nitrogens with zero attached hydrogens (tertiary/aromatic N) is 1. The second-order valence-corrected chi connectivity index (χ2v) is 7.87. The third-order valence-corrected chi connectivity index (χ3v) is 5.51. The molecule has 3 rings (SSSR count). The summed E-state index contributed by atoms with van der Waals surface area (Å²) in [5, 5.41) is 0. The molecular formula is C22H27NO6. The number of likely N-dealkylation sites (tertiary alicyclic amines) is 1. The molecule has 2 aliphatic heterocycles. The molecule has 2 aliphatic rings. The van der Waals surface area contributed by atoms with Gasteiger partial charge in [0.2, 0.25) is 12.6 Å². The number of amides is 1. The van der Waals surface area contributed by atoms with Crippen molar-refractivity contribution < 1.29 is 28.6 Å². The first kappa shape index (κ1) is 20.9. The highest BCUT2D eigenvalue weighted by atomic mass is 16.7. The van der Waals surface area contributed by atoms with Crippen molar-refractivity contribution in [3.63, 3.8) is 0 Å². The van der Waals surface area contributed by atoms with Crippen LogP contribution in [0.3, 0.4) is 0 Å². The Hall–Kier alpha value is -2.83. The average molecular weight is 401 g/mol. The van der Waals surface area contributed by atoms with Crippen molar-refractivity contribution in [3.8, 4) is 11.5 Å². The number of carbonyl (C=O) groups excluding carboxylic acids is 3. The van der Waals surface area contributed by atoms with Crippen molar-refractivity contribution in [1.82, 2.24) is 4.90 Å². The zero-order chi connectivity index (χ0) is 21.0. The Balaban J connectivity index is 1.54. The van der Waals surface area contributed by atoms with E-state index >= 15 is 0 Å². The monoisotopic (exact) mass is 401 g/mol. The fraction of sp³-hybridized carbons (Fsp3) is 0.500. The van der Waals surface area contributed by atoms with Gasteiger partial charge in [-0.05, 0) is 43.0 Å². The van der Waals surface area contributed by atoms with Gasteiger partial charge in [0.15, 0.2) is 11.5 Å². The summed E-state index contributed by atoms with van der Waals surface area (Å²) in [6, 6.07) is 4.85. The molecule has 0 aliphatic carbocycles. The van der Waals surface area contributed by atoms with E-state index in [1.807, 2.05) is 31.2 Å². The lowest BCUT2D eigenvalue weighted by atomic mass is 9.84. The minimum Gasteiger partial charge on any atom is -0.460 e. The molecule has 29 heavy (non-hydrogen) atoms. The van der Waals surface area contributed by atoms with Crippen LogP contribution < -0.4 is 9.47 Å². The van der Waals surface area contributed by atoms with Crippen LogP contribution in [0.4, 0.5) is 0 Å². The molecule has 1 aromatic rings. The predicted molar refractivity (Wildman–Crippen MR) is 106 cm³/mol. The van der Waals surface area contributed by atoms with Crippen molar-refractivity contribution in [1.29, 1.82) is 0 Å². The second kappa shape index (κ2) is 8.68. The maximum Gasteiger partial charge on any atom is 0.329 e. The summed E-state index contributed by atoms with van der Waals surface area (Å²) in [6.07, 6.45) is 5.29. The Bertz CT molecular complexity index is 829. The number of fused-ring (bicyclic) bond motifs is 1. The number of hydrogen-bond acceptors (Lipinski definition) is 6. The maximum absolute atomic E-state index is 12.6. The van der Waals surface area contributed by atoms with Gasteiger partial charge < -0.3 is 19.1 Å². The average Bonchev–Trinajstić information content (AvgIpc) is 3.38. The number of Topliss-reactive ketones (excluding diaryl/α,β-unsaturated/α-hetero) is 1. The summed E-state index contributed by atoms with van der Waals surface area (Å²) in [4.78, 5) is 38.9. The standard InChI is InChI=1S/C22H27NO6/c1-4-22(2,3)19(24)20(25)23-11-5-8-16(23)21(26)27-12-6-7-15-9-10-17-18(13-15)29-14-28-17/h6-7,9-10,13,16H,4-5,8,11-12,14H2,1-3H3/b7-6+/t16-/m0/s1. The van der Waals surface area contributed by atoms with Gasteiger partial charge in [0, 0.05) is 12.0 Å². The molecule has 0 unspecified atom stereocenters. The third-order valence-electron chi connectivity index (χ3n) is 5.51. The fourth-order valence-corrected chi connectivity index (χ4v) is 3.26. The van der Waals surface area contributed by atoms with E-state index in [0.717, 1.165) is 5.56 Å². The quantitative estimate of drug-likeness (QED) is 0.516. The topological polar surface area (TPSA) is 82.1 Å². The Morgan fingerprint density at radius 2 is 2.00 bits per heavy atom. The number of esters is 1. The highest BCUT2D eigenvalue weighted by Gasteiger charge is 2.41. The van der Waals surface area contributed by atoms with Gasteiger partial charge in [-0.1, -0.05) is 32.9 Å². The van der Waals surface area contributed by atoms with Crippen LogP contribution in [0, 0.1) is 5.41 Å². The van der Waals surface area contributed by atoms with Crippen molar-refractivity contribution in [3.05, 3.63) is 29.8 Å². The first-order chi connectivity index (χ1) is 13.8. The molecule has 0 N–H and O–H groups in total. The summed E-state index contributed by atoms with van der Waals surface area (Å²) in [5.41, 5.74) is 0.164. The van der Waals surface area contributed by atoms with E-state index in [-0.39, 0.29) is 13.4 Å². The second-order valence-electron chi connectivity index (χ2n) is 7.87. The fourth-order valence-electron chi connectivity index (χ4n) is 3.26. The molecule has 0 bridgehead atoms. The molecule has 2 heterocycles. The SMILES string of the molecule is CCC(C)(C)C(=O)C(=O)N1CCC[C@H]1C(=O)OC/C=C/c1ccc2c(c1)OCO2. The van der Waals surface area contributed by atoms with Crippen LogP contribution >= 0.6 is 0 Å². The molecule has 1 aromatic carbocycles. The molecule has 7 nitrogen and oxygen atoms in total. The highest BCUT2D eigenvalue weighted by molar-refractivity contribution is 6.38. The molecule has 1 saturated heterocycles. The molecule has 1 fully saturated rings. The van der Waals surface area contributed by atoms with Gasteiger partial charge in [0.05, 0.1) is 0 Å². The Labute approximate surface area is 170 Å². The zero-order valence-corrected chi connectivity index (χ0v) is 17.1. The summed E-state index contributed by atoms with van der Waals surface area (Å²) in [5.74, 6) is -0.132. The van der Waals surface area contributed by atoms with E-state index < -0.39 is 29.1 Å². The van der Waals surface area contributed by atoms with Crippen LogP contribution in [-0.2, 0) is 19.1 Å². The minimum atomic E-state index is -0.735. The third kappa shape index (κ3) is 4.60.